The van der Waals surface area contributed by atoms with Gasteiger partial charge in [0.15, 0.2) is 5.69 Å². The van der Waals surface area contributed by atoms with Crippen LogP contribution in [0.25, 0.3) is 0 Å². The molecule has 0 spiro atoms. The van der Waals surface area contributed by atoms with Gasteiger partial charge in [0, 0.05) is 18.3 Å². The first-order valence-corrected chi connectivity index (χ1v) is 4.75. The summed E-state index contributed by atoms with van der Waals surface area (Å²) in [5.74, 6) is 0. The highest BCUT2D eigenvalue weighted by atomic mass is 127. The Balaban J connectivity index is 3.41. The zero-order valence-electron chi connectivity index (χ0n) is 6.97. The molecule has 0 fully saturated rings. The van der Waals surface area contributed by atoms with Crippen molar-refractivity contribution < 1.29 is 8.78 Å². The van der Waals surface area contributed by atoms with Gasteiger partial charge in [0.1, 0.15) is 6.07 Å². The third-order valence-corrected chi connectivity index (χ3v) is 2.78. The molecule has 0 unspecified atom stereocenters. The maximum absolute atomic E-state index is 12.6. The zero-order valence-corrected chi connectivity index (χ0v) is 9.12. The van der Waals surface area contributed by atoms with E-state index in [2.05, 4.69) is 4.98 Å². The first-order valence-electron chi connectivity index (χ1n) is 3.67. The monoisotopic (exact) mass is 309 g/mol. The van der Waals surface area contributed by atoms with Gasteiger partial charge in [-0.2, -0.15) is 5.26 Å². The lowest BCUT2D eigenvalue weighted by atomic mass is 10.1. The van der Waals surface area contributed by atoms with Crippen molar-refractivity contribution in [2.75, 3.05) is 0 Å². The van der Waals surface area contributed by atoms with Crippen molar-refractivity contribution in [2.45, 2.75) is 13.0 Å². The Morgan fingerprint density at radius 3 is 2.71 bits per heavy atom. The summed E-state index contributed by atoms with van der Waals surface area (Å²) >= 11 is 1.68. The number of hydrogen-bond donors (Lipinski definition) is 1. The van der Waals surface area contributed by atoms with Crippen LogP contribution in [0, 0.1) is 14.9 Å². The van der Waals surface area contributed by atoms with Crippen LogP contribution in [-0.2, 0) is 6.54 Å². The molecule has 1 aromatic rings. The van der Waals surface area contributed by atoms with E-state index >= 15 is 0 Å². The molecule has 1 aromatic heterocycles. The van der Waals surface area contributed by atoms with Crippen LogP contribution in [0.2, 0.25) is 0 Å². The molecule has 1 heterocycles. The van der Waals surface area contributed by atoms with Gasteiger partial charge in [-0.1, -0.05) is 0 Å². The van der Waals surface area contributed by atoms with Crippen molar-refractivity contribution >= 4 is 22.6 Å². The average Bonchev–Trinajstić information content (AvgIpc) is 2.16. The highest BCUT2D eigenvalue weighted by molar-refractivity contribution is 14.1. The second-order valence-electron chi connectivity index (χ2n) is 2.48. The van der Waals surface area contributed by atoms with Crippen LogP contribution in [0.1, 0.15) is 23.2 Å². The molecule has 14 heavy (non-hydrogen) atoms. The van der Waals surface area contributed by atoms with Crippen LogP contribution in [0.15, 0.2) is 6.20 Å². The summed E-state index contributed by atoms with van der Waals surface area (Å²) in [6, 6.07) is 1.75. The van der Waals surface area contributed by atoms with Gasteiger partial charge >= 0.3 is 0 Å². The number of aromatic nitrogens is 1. The first-order chi connectivity index (χ1) is 6.61. The molecule has 0 saturated carbocycles. The summed E-state index contributed by atoms with van der Waals surface area (Å²) in [6.07, 6.45) is -1.40. The van der Waals surface area contributed by atoms with Gasteiger partial charge in [-0.25, -0.2) is 13.8 Å². The van der Waals surface area contributed by atoms with E-state index in [-0.39, 0.29) is 26.9 Å². The molecule has 6 heteroatoms. The van der Waals surface area contributed by atoms with Gasteiger partial charge in [0.05, 0.1) is 3.57 Å². The first kappa shape index (κ1) is 11.3. The summed E-state index contributed by atoms with van der Waals surface area (Å²) < 4.78 is 25.4. The lowest BCUT2D eigenvalue weighted by Crippen LogP contribution is -2.07. The third kappa shape index (κ3) is 1.99. The molecule has 0 aliphatic heterocycles. The number of pyridine rings is 1. The largest absolute Gasteiger partial charge is 0.326 e. The van der Waals surface area contributed by atoms with Crippen LogP contribution in [-0.4, -0.2) is 4.98 Å². The van der Waals surface area contributed by atoms with E-state index in [9.17, 15) is 8.78 Å². The molecule has 2 N–H and O–H groups in total. The lowest BCUT2D eigenvalue weighted by Gasteiger charge is -2.09. The van der Waals surface area contributed by atoms with Crippen molar-refractivity contribution in [3.63, 3.8) is 0 Å². The van der Waals surface area contributed by atoms with Crippen LogP contribution >= 0.6 is 22.6 Å². The second kappa shape index (κ2) is 4.61. The molecule has 0 aliphatic rings. The highest BCUT2D eigenvalue weighted by Gasteiger charge is 2.19. The number of halogens is 3. The molecule has 0 amide bonds. The Bertz CT molecular complexity index is 387. The van der Waals surface area contributed by atoms with E-state index in [0.29, 0.717) is 0 Å². The van der Waals surface area contributed by atoms with E-state index in [4.69, 9.17) is 11.0 Å². The average molecular weight is 309 g/mol. The molecule has 0 atom stereocenters. The van der Waals surface area contributed by atoms with Crippen molar-refractivity contribution in [2.24, 2.45) is 5.73 Å². The molecule has 0 saturated heterocycles. The van der Waals surface area contributed by atoms with Crippen LogP contribution in [0.3, 0.4) is 0 Å². The van der Waals surface area contributed by atoms with E-state index in [1.165, 1.54) is 6.20 Å². The van der Waals surface area contributed by atoms with Crippen molar-refractivity contribution in [3.8, 4) is 6.07 Å². The smallest absolute Gasteiger partial charge is 0.265 e. The highest BCUT2D eigenvalue weighted by Crippen LogP contribution is 2.28. The number of alkyl halides is 2. The zero-order chi connectivity index (χ0) is 10.7. The van der Waals surface area contributed by atoms with Gasteiger partial charge in [0.2, 0.25) is 0 Å². The molecule has 0 radical (unpaired) electrons. The summed E-state index contributed by atoms with van der Waals surface area (Å²) in [4.78, 5) is 3.73. The summed E-state index contributed by atoms with van der Waals surface area (Å²) in [5.41, 5.74) is 5.40. The van der Waals surface area contributed by atoms with Crippen LogP contribution in [0.5, 0.6) is 0 Å². The minimum Gasteiger partial charge on any atom is -0.326 e. The lowest BCUT2D eigenvalue weighted by molar-refractivity contribution is 0.149. The Kier molecular flexibility index (Phi) is 3.71. The van der Waals surface area contributed by atoms with E-state index in [1.54, 1.807) is 28.7 Å². The number of nitrogens with zero attached hydrogens (tertiary/aromatic N) is 2. The number of nitriles is 1. The van der Waals surface area contributed by atoms with E-state index < -0.39 is 6.43 Å². The normalized spacial score (nSPS) is 10.3. The van der Waals surface area contributed by atoms with Gasteiger partial charge < -0.3 is 5.73 Å². The molecular weight excluding hydrogens is 303 g/mol. The molecule has 1 rings (SSSR count). The SMILES string of the molecule is N#Cc1ncc(CN)c(C(F)F)c1I. The maximum Gasteiger partial charge on any atom is 0.265 e. The second-order valence-corrected chi connectivity index (χ2v) is 3.56. The third-order valence-electron chi connectivity index (χ3n) is 1.68. The van der Waals surface area contributed by atoms with Gasteiger partial charge in [-0.3, -0.25) is 0 Å². The van der Waals surface area contributed by atoms with Crippen LogP contribution in [0.4, 0.5) is 8.78 Å². The van der Waals surface area contributed by atoms with Crippen molar-refractivity contribution in [3.05, 3.63) is 26.6 Å². The fourth-order valence-electron chi connectivity index (χ4n) is 1.01. The molecule has 0 aromatic carbocycles. The Hall–Kier alpha value is -0.810. The Labute approximate surface area is 93.1 Å². The Morgan fingerprint density at radius 1 is 1.64 bits per heavy atom. The van der Waals surface area contributed by atoms with Gasteiger partial charge in [-0.15, -0.1) is 0 Å². The minimum absolute atomic E-state index is 0.00557. The number of hydrogen-bond acceptors (Lipinski definition) is 3. The van der Waals surface area contributed by atoms with Gasteiger partial charge in [0.25, 0.3) is 6.43 Å². The van der Waals surface area contributed by atoms with Crippen LogP contribution < -0.4 is 5.73 Å². The molecule has 0 aliphatic carbocycles. The van der Waals surface area contributed by atoms with Crippen molar-refractivity contribution in [1.29, 1.82) is 5.26 Å². The quantitative estimate of drug-likeness (QED) is 0.849. The summed E-state index contributed by atoms with van der Waals surface area (Å²) in [7, 11) is 0. The maximum atomic E-state index is 12.6. The fraction of sp³-hybridized carbons (Fsp3) is 0.250. The molecular formula is C8H6F2IN3. The number of nitrogens with two attached hydrogens (primary N) is 1. The molecule has 3 nitrogen and oxygen atoms in total. The Morgan fingerprint density at radius 2 is 2.29 bits per heavy atom. The standard InChI is InChI=1S/C8H6F2IN3/c9-8(10)6-4(1-12)3-14-5(2-13)7(6)11/h3,8H,1,12H2. The predicted octanol–water partition coefficient (Wildman–Crippen LogP) is 1.95. The van der Waals surface area contributed by atoms with E-state index in [1.807, 2.05) is 0 Å². The van der Waals surface area contributed by atoms with Gasteiger partial charge in [-0.05, 0) is 28.2 Å². The van der Waals surface area contributed by atoms with E-state index in [0.717, 1.165) is 0 Å². The summed E-state index contributed by atoms with van der Waals surface area (Å²) in [6.45, 7) is -0.00557. The molecule has 74 valence electrons. The topological polar surface area (TPSA) is 62.7 Å². The van der Waals surface area contributed by atoms with Crippen molar-refractivity contribution in [1.82, 2.24) is 4.98 Å². The minimum atomic E-state index is -2.63. The number of rotatable bonds is 2. The predicted molar refractivity (Wildman–Crippen MR) is 54.5 cm³/mol. The fourth-order valence-corrected chi connectivity index (χ4v) is 1.86. The molecule has 0 bridgehead atoms. The summed E-state index contributed by atoms with van der Waals surface area (Å²) in [5, 5.41) is 8.59.